The van der Waals surface area contributed by atoms with Crippen LogP contribution >= 0.6 is 0 Å². The number of piperidine rings is 1. The van der Waals surface area contributed by atoms with Gasteiger partial charge in [0.15, 0.2) is 6.10 Å². The van der Waals surface area contributed by atoms with E-state index in [1.54, 1.807) is 11.9 Å². The fourth-order valence-corrected chi connectivity index (χ4v) is 2.67. The largest absolute Gasteiger partial charge is 0.449 e. The maximum absolute atomic E-state index is 12.3. The Balaban J connectivity index is 2.07. The summed E-state index contributed by atoms with van der Waals surface area (Å²) in [6, 6.07) is 4.01. The number of benzene rings is 1. The van der Waals surface area contributed by atoms with E-state index >= 15 is 0 Å². The zero-order valence-corrected chi connectivity index (χ0v) is 13.8. The molecule has 0 radical (unpaired) electrons. The molecule has 0 aliphatic carbocycles. The van der Waals surface area contributed by atoms with Gasteiger partial charge in [-0.05, 0) is 38.3 Å². The van der Waals surface area contributed by atoms with E-state index < -0.39 is 17.0 Å². The van der Waals surface area contributed by atoms with Gasteiger partial charge in [-0.15, -0.1) is 0 Å². The standard InChI is InChI=1S/C16H21N3O5/c1-11(15(20)18-8-4-3-5-9-18)24-16(21)12-6-7-13(17-2)14(10-12)19(22)23/h6-7,10-11,17H,3-5,8-9H2,1-2H3/t11-/m0/s1. The summed E-state index contributed by atoms with van der Waals surface area (Å²) in [5, 5.41) is 13.7. The lowest BCUT2D eigenvalue weighted by Gasteiger charge is -2.28. The normalized spacial score (nSPS) is 15.5. The van der Waals surface area contributed by atoms with Crippen molar-refractivity contribution in [3.63, 3.8) is 0 Å². The lowest BCUT2D eigenvalue weighted by molar-refractivity contribution is -0.384. The van der Waals surface area contributed by atoms with Crippen LogP contribution in [0.15, 0.2) is 18.2 Å². The van der Waals surface area contributed by atoms with Crippen molar-refractivity contribution in [3.05, 3.63) is 33.9 Å². The number of carbonyl (C=O) groups is 2. The number of nitro benzene ring substituents is 1. The molecule has 1 amide bonds. The van der Waals surface area contributed by atoms with Crippen LogP contribution in [0.1, 0.15) is 36.5 Å². The van der Waals surface area contributed by atoms with Crippen molar-refractivity contribution < 1.29 is 19.2 Å². The van der Waals surface area contributed by atoms with Gasteiger partial charge in [-0.2, -0.15) is 0 Å². The van der Waals surface area contributed by atoms with Crippen molar-refractivity contribution in [1.29, 1.82) is 0 Å². The first-order valence-corrected chi connectivity index (χ1v) is 7.90. The van der Waals surface area contributed by atoms with E-state index in [0.29, 0.717) is 18.8 Å². The average Bonchev–Trinajstić information content (AvgIpc) is 2.60. The highest BCUT2D eigenvalue weighted by Crippen LogP contribution is 2.25. The molecule has 2 rings (SSSR count). The highest BCUT2D eigenvalue weighted by atomic mass is 16.6. The molecule has 0 unspecified atom stereocenters. The highest BCUT2D eigenvalue weighted by Gasteiger charge is 2.26. The Morgan fingerprint density at radius 1 is 1.29 bits per heavy atom. The molecule has 130 valence electrons. The van der Waals surface area contributed by atoms with Crippen molar-refractivity contribution in [2.24, 2.45) is 0 Å². The third-order valence-electron chi connectivity index (χ3n) is 4.00. The van der Waals surface area contributed by atoms with Crippen molar-refractivity contribution >= 4 is 23.3 Å². The van der Waals surface area contributed by atoms with Gasteiger partial charge in [-0.1, -0.05) is 0 Å². The number of hydrogen-bond donors (Lipinski definition) is 1. The zero-order valence-electron chi connectivity index (χ0n) is 13.8. The van der Waals surface area contributed by atoms with E-state index in [4.69, 9.17) is 4.74 Å². The molecule has 1 atom stereocenters. The van der Waals surface area contributed by atoms with Crippen molar-refractivity contribution in [3.8, 4) is 0 Å². The summed E-state index contributed by atoms with van der Waals surface area (Å²) in [5.41, 5.74) is 0.120. The number of amides is 1. The zero-order chi connectivity index (χ0) is 17.7. The van der Waals surface area contributed by atoms with Gasteiger partial charge in [-0.3, -0.25) is 14.9 Å². The van der Waals surface area contributed by atoms with Gasteiger partial charge in [0.2, 0.25) is 0 Å². The number of rotatable bonds is 5. The van der Waals surface area contributed by atoms with Crippen molar-refractivity contribution in [2.75, 3.05) is 25.5 Å². The van der Waals surface area contributed by atoms with Crippen molar-refractivity contribution in [2.45, 2.75) is 32.3 Å². The van der Waals surface area contributed by atoms with E-state index in [1.165, 1.54) is 19.1 Å². The minimum Gasteiger partial charge on any atom is -0.449 e. The SMILES string of the molecule is CNc1ccc(C(=O)O[C@@H](C)C(=O)N2CCCCC2)cc1[N+](=O)[O-]. The van der Waals surface area contributed by atoms with Gasteiger partial charge in [0.1, 0.15) is 5.69 Å². The number of likely N-dealkylation sites (tertiary alicyclic amines) is 1. The Morgan fingerprint density at radius 2 is 1.96 bits per heavy atom. The maximum Gasteiger partial charge on any atom is 0.339 e. The quantitative estimate of drug-likeness (QED) is 0.503. The summed E-state index contributed by atoms with van der Waals surface area (Å²) in [6.45, 7) is 2.86. The topological polar surface area (TPSA) is 102 Å². The second-order valence-corrected chi connectivity index (χ2v) is 5.67. The minimum absolute atomic E-state index is 0.0407. The molecular weight excluding hydrogens is 314 g/mol. The second-order valence-electron chi connectivity index (χ2n) is 5.67. The number of nitrogens with one attached hydrogen (secondary N) is 1. The molecule has 24 heavy (non-hydrogen) atoms. The smallest absolute Gasteiger partial charge is 0.339 e. The Hall–Kier alpha value is -2.64. The average molecular weight is 335 g/mol. The van der Waals surface area contributed by atoms with Crippen LogP contribution in [0.25, 0.3) is 0 Å². The van der Waals surface area contributed by atoms with Crippen LogP contribution in [0.3, 0.4) is 0 Å². The number of nitrogens with zero attached hydrogens (tertiary/aromatic N) is 2. The Kier molecular flexibility index (Phi) is 5.73. The molecule has 1 aliphatic heterocycles. The molecule has 1 aliphatic rings. The summed E-state index contributed by atoms with van der Waals surface area (Å²) in [6.07, 6.45) is 2.08. The molecule has 1 aromatic carbocycles. The third-order valence-corrected chi connectivity index (χ3v) is 4.00. The van der Waals surface area contributed by atoms with Crippen LogP contribution in [0.5, 0.6) is 0 Å². The van der Waals surface area contributed by atoms with Gasteiger partial charge < -0.3 is 15.0 Å². The third kappa shape index (κ3) is 4.01. The predicted octanol–water partition coefficient (Wildman–Crippen LogP) is 2.19. The summed E-state index contributed by atoms with van der Waals surface area (Å²) in [7, 11) is 1.56. The molecule has 0 aromatic heterocycles. The number of hydrogen-bond acceptors (Lipinski definition) is 6. The van der Waals surface area contributed by atoms with E-state index in [1.807, 2.05) is 0 Å². The molecule has 1 aromatic rings. The number of nitro groups is 1. The summed E-state index contributed by atoms with van der Waals surface area (Å²) in [4.78, 5) is 36.6. The molecule has 0 bridgehead atoms. The first-order chi connectivity index (χ1) is 11.4. The number of carbonyl (C=O) groups excluding carboxylic acids is 2. The van der Waals surface area contributed by atoms with Gasteiger partial charge in [0, 0.05) is 26.2 Å². The Morgan fingerprint density at radius 3 is 2.54 bits per heavy atom. The van der Waals surface area contributed by atoms with E-state index in [0.717, 1.165) is 25.3 Å². The summed E-state index contributed by atoms with van der Waals surface area (Å²) < 4.78 is 5.19. The fraction of sp³-hybridized carbons (Fsp3) is 0.500. The number of esters is 1. The maximum atomic E-state index is 12.3. The Labute approximate surface area is 139 Å². The molecule has 1 N–H and O–H groups in total. The highest BCUT2D eigenvalue weighted by molar-refractivity contribution is 5.93. The molecule has 1 heterocycles. The van der Waals surface area contributed by atoms with Gasteiger partial charge >= 0.3 is 5.97 Å². The van der Waals surface area contributed by atoms with Crippen LogP contribution in [-0.4, -0.2) is 47.9 Å². The van der Waals surface area contributed by atoms with Gasteiger partial charge in [0.05, 0.1) is 10.5 Å². The van der Waals surface area contributed by atoms with E-state index in [-0.39, 0.29) is 17.2 Å². The van der Waals surface area contributed by atoms with E-state index in [2.05, 4.69) is 5.32 Å². The van der Waals surface area contributed by atoms with Gasteiger partial charge in [-0.25, -0.2) is 4.79 Å². The molecule has 0 spiro atoms. The fourth-order valence-electron chi connectivity index (χ4n) is 2.67. The monoisotopic (exact) mass is 335 g/mol. The molecule has 0 saturated carbocycles. The van der Waals surface area contributed by atoms with Crippen LogP contribution in [0.2, 0.25) is 0 Å². The van der Waals surface area contributed by atoms with Crippen molar-refractivity contribution in [1.82, 2.24) is 4.90 Å². The van der Waals surface area contributed by atoms with Gasteiger partial charge in [0.25, 0.3) is 11.6 Å². The second kappa shape index (κ2) is 7.76. The van der Waals surface area contributed by atoms with Crippen LogP contribution in [0, 0.1) is 10.1 Å². The molecule has 8 nitrogen and oxygen atoms in total. The first-order valence-electron chi connectivity index (χ1n) is 7.90. The number of ether oxygens (including phenoxy) is 1. The number of anilines is 1. The molecule has 8 heteroatoms. The van der Waals surface area contributed by atoms with Crippen LogP contribution in [0.4, 0.5) is 11.4 Å². The molecule has 1 fully saturated rings. The molecule has 1 saturated heterocycles. The lowest BCUT2D eigenvalue weighted by Crippen LogP contribution is -2.42. The van der Waals surface area contributed by atoms with Crippen LogP contribution < -0.4 is 5.32 Å². The Bertz CT molecular complexity index is 641. The van der Waals surface area contributed by atoms with Crippen LogP contribution in [-0.2, 0) is 9.53 Å². The predicted molar refractivity (Wildman–Crippen MR) is 88.0 cm³/mol. The molecular formula is C16H21N3O5. The minimum atomic E-state index is -0.918. The van der Waals surface area contributed by atoms with E-state index in [9.17, 15) is 19.7 Å². The lowest BCUT2D eigenvalue weighted by atomic mass is 10.1. The first kappa shape index (κ1) is 17.7. The summed E-state index contributed by atoms with van der Waals surface area (Å²) in [5.74, 6) is -0.983. The summed E-state index contributed by atoms with van der Waals surface area (Å²) >= 11 is 0.